The van der Waals surface area contributed by atoms with Crippen LogP contribution >= 0.6 is 0 Å². The van der Waals surface area contributed by atoms with Gasteiger partial charge in [0.25, 0.3) is 0 Å². The van der Waals surface area contributed by atoms with Crippen LogP contribution in [0.4, 0.5) is 0 Å². The maximum atomic E-state index is 10.9. The number of benzene rings is 2. The number of rotatable bonds is 7. The van der Waals surface area contributed by atoms with Gasteiger partial charge in [-0.1, -0.05) is 12.1 Å². The standard InChI is InChI=1S/C17H18O4/c1-19-11-14-4-3-5-16(9-14)21-12-15-8-13(10-18)6-7-17(15)20-2/h3-10H,11-12H2,1-2H3. The number of carbonyl (C=O) groups excluding carboxylic acids is 1. The minimum absolute atomic E-state index is 0.335. The van der Waals surface area contributed by atoms with Gasteiger partial charge in [-0.2, -0.15) is 0 Å². The van der Waals surface area contributed by atoms with Crippen molar-refractivity contribution < 1.29 is 19.0 Å². The van der Waals surface area contributed by atoms with Gasteiger partial charge in [0.2, 0.25) is 0 Å². The maximum absolute atomic E-state index is 10.9. The van der Waals surface area contributed by atoms with Crippen LogP contribution in [0.3, 0.4) is 0 Å². The zero-order valence-corrected chi connectivity index (χ0v) is 12.2. The first-order valence-electron chi connectivity index (χ1n) is 6.59. The summed E-state index contributed by atoms with van der Waals surface area (Å²) >= 11 is 0. The molecule has 2 rings (SSSR count). The normalized spacial score (nSPS) is 10.2. The molecular weight excluding hydrogens is 268 g/mol. The summed E-state index contributed by atoms with van der Waals surface area (Å²) in [6.45, 7) is 0.877. The van der Waals surface area contributed by atoms with Crippen molar-refractivity contribution in [2.24, 2.45) is 0 Å². The lowest BCUT2D eigenvalue weighted by Crippen LogP contribution is -2.00. The van der Waals surface area contributed by atoms with Crippen molar-refractivity contribution in [1.82, 2.24) is 0 Å². The van der Waals surface area contributed by atoms with Crippen LogP contribution in [0.2, 0.25) is 0 Å². The van der Waals surface area contributed by atoms with Gasteiger partial charge in [0.1, 0.15) is 24.4 Å². The van der Waals surface area contributed by atoms with E-state index in [9.17, 15) is 4.79 Å². The number of aldehydes is 1. The molecule has 0 spiro atoms. The molecule has 0 saturated carbocycles. The van der Waals surface area contributed by atoms with Crippen LogP contribution in [0, 0.1) is 0 Å². The highest BCUT2D eigenvalue weighted by molar-refractivity contribution is 5.75. The molecular formula is C17H18O4. The highest BCUT2D eigenvalue weighted by Gasteiger charge is 2.06. The minimum Gasteiger partial charge on any atom is -0.496 e. The Morgan fingerprint density at radius 3 is 2.62 bits per heavy atom. The molecule has 0 fully saturated rings. The molecule has 0 aliphatic heterocycles. The average molecular weight is 286 g/mol. The Balaban J connectivity index is 2.11. The smallest absolute Gasteiger partial charge is 0.150 e. The van der Waals surface area contributed by atoms with Crippen molar-refractivity contribution in [3.63, 3.8) is 0 Å². The van der Waals surface area contributed by atoms with Crippen LogP contribution in [0.15, 0.2) is 42.5 Å². The second kappa shape index (κ2) is 7.45. The van der Waals surface area contributed by atoms with Gasteiger partial charge in [-0.25, -0.2) is 0 Å². The van der Waals surface area contributed by atoms with Crippen molar-refractivity contribution in [3.8, 4) is 11.5 Å². The lowest BCUT2D eigenvalue weighted by Gasteiger charge is -2.11. The molecule has 0 aliphatic rings. The van der Waals surface area contributed by atoms with Gasteiger partial charge in [0.15, 0.2) is 0 Å². The molecule has 4 nitrogen and oxygen atoms in total. The first-order valence-corrected chi connectivity index (χ1v) is 6.59. The van der Waals surface area contributed by atoms with Gasteiger partial charge in [0, 0.05) is 18.2 Å². The van der Waals surface area contributed by atoms with E-state index in [1.165, 1.54) is 0 Å². The predicted molar refractivity (Wildman–Crippen MR) is 79.9 cm³/mol. The lowest BCUT2D eigenvalue weighted by molar-refractivity contribution is 0.112. The van der Waals surface area contributed by atoms with Crippen LogP contribution in [-0.2, 0) is 18.0 Å². The van der Waals surface area contributed by atoms with Crippen molar-refractivity contribution in [3.05, 3.63) is 59.2 Å². The predicted octanol–water partition coefficient (Wildman–Crippen LogP) is 3.23. The molecule has 4 heteroatoms. The Bertz CT molecular complexity index is 607. The highest BCUT2D eigenvalue weighted by atomic mass is 16.5. The van der Waals surface area contributed by atoms with E-state index in [2.05, 4.69) is 0 Å². The van der Waals surface area contributed by atoms with Crippen molar-refractivity contribution in [2.45, 2.75) is 13.2 Å². The van der Waals surface area contributed by atoms with Crippen LogP contribution in [0.5, 0.6) is 11.5 Å². The summed E-state index contributed by atoms with van der Waals surface area (Å²) in [4.78, 5) is 10.9. The molecule has 2 aromatic carbocycles. The Kier molecular flexibility index (Phi) is 5.35. The maximum Gasteiger partial charge on any atom is 0.150 e. The number of methoxy groups -OCH3 is 2. The first-order chi connectivity index (χ1) is 10.3. The van der Waals surface area contributed by atoms with Crippen LogP contribution in [0.25, 0.3) is 0 Å². The second-order valence-corrected chi connectivity index (χ2v) is 4.56. The molecule has 0 radical (unpaired) electrons. The van der Waals surface area contributed by atoms with Crippen LogP contribution in [0.1, 0.15) is 21.5 Å². The molecule has 0 amide bonds. The van der Waals surface area contributed by atoms with E-state index in [-0.39, 0.29) is 0 Å². The molecule has 21 heavy (non-hydrogen) atoms. The highest BCUT2D eigenvalue weighted by Crippen LogP contribution is 2.22. The Morgan fingerprint density at radius 2 is 1.90 bits per heavy atom. The molecule has 2 aromatic rings. The second-order valence-electron chi connectivity index (χ2n) is 4.56. The quantitative estimate of drug-likeness (QED) is 0.733. The summed E-state index contributed by atoms with van der Waals surface area (Å²) in [5, 5.41) is 0. The van der Waals surface area contributed by atoms with Crippen LogP contribution < -0.4 is 9.47 Å². The van der Waals surface area contributed by atoms with E-state index < -0.39 is 0 Å². The van der Waals surface area contributed by atoms with E-state index in [4.69, 9.17) is 14.2 Å². The number of hydrogen-bond donors (Lipinski definition) is 0. The van der Waals surface area contributed by atoms with E-state index in [1.807, 2.05) is 24.3 Å². The molecule has 0 aromatic heterocycles. The fraction of sp³-hybridized carbons (Fsp3) is 0.235. The van der Waals surface area contributed by atoms with Gasteiger partial charge >= 0.3 is 0 Å². The number of ether oxygens (including phenoxy) is 3. The van der Waals surface area contributed by atoms with Gasteiger partial charge in [0.05, 0.1) is 13.7 Å². The summed E-state index contributed by atoms with van der Waals surface area (Å²) in [6.07, 6.45) is 0.808. The molecule has 0 unspecified atom stereocenters. The van der Waals surface area contributed by atoms with Gasteiger partial charge in [-0.3, -0.25) is 4.79 Å². The average Bonchev–Trinajstić information content (AvgIpc) is 2.53. The molecule has 0 N–H and O–H groups in total. The third-order valence-electron chi connectivity index (χ3n) is 3.04. The number of carbonyl (C=O) groups is 1. The van der Waals surface area contributed by atoms with E-state index in [0.717, 1.165) is 23.2 Å². The Hall–Kier alpha value is -2.33. The third kappa shape index (κ3) is 4.07. The van der Waals surface area contributed by atoms with Crippen molar-refractivity contribution in [1.29, 1.82) is 0 Å². The zero-order chi connectivity index (χ0) is 15.1. The van der Waals surface area contributed by atoms with E-state index in [1.54, 1.807) is 32.4 Å². The minimum atomic E-state index is 0.335. The van der Waals surface area contributed by atoms with Crippen molar-refractivity contribution >= 4 is 6.29 Å². The molecule has 0 saturated heterocycles. The Labute approximate surface area is 124 Å². The molecule has 0 bridgehead atoms. The summed E-state index contributed by atoms with van der Waals surface area (Å²) in [7, 11) is 3.25. The molecule has 0 heterocycles. The summed E-state index contributed by atoms with van der Waals surface area (Å²) in [5.41, 5.74) is 2.48. The molecule has 0 atom stereocenters. The number of hydrogen-bond acceptors (Lipinski definition) is 4. The zero-order valence-electron chi connectivity index (χ0n) is 12.2. The molecule has 0 aliphatic carbocycles. The van der Waals surface area contributed by atoms with E-state index >= 15 is 0 Å². The summed E-state index contributed by atoms with van der Waals surface area (Å²) in [6, 6.07) is 13.0. The van der Waals surface area contributed by atoms with Gasteiger partial charge in [-0.15, -0.1) is 0 Å². The molecule has 110 valence electrons. The third-order valence-corrected chi connectivity index (χ3v) is 3.04. The van der Waals surface area contributed by atoms with E-state index in [0.29, 0.717) is 24.5 Å². The lowest BCUT2D eigenvalue weighted by atomic mass is 10.1. The monoisotopic (exact) mass is 286 g/mol. The summed E-state index contributed by atoms with van der Waals surface area (Å²) < 4.78 is 16.1. The fourth-order valence-electron chi connectivity index (χ4n) is 2.04. The topological polar surface area (TPSA) is 44.8 Å². The largest absolute Gasteiger partial charge is 0.496 e. The van der Waals surface area contributed by atoms with Gasteiger partial charge in [-0.05, 0) is 35.9 Å². The fourth-order valence-corrected chi connectivity index (χ4v) is 2.04. The summed E-state index contributed by atoms with van der Waals surface area (Å²) in [5.74, 6) is 1.46. The van der Waals surface area contributed by atoms with Crippen molar-refractivity contribution in [2.75, 3.05) is 14.2 Å². The first kappa shape index (κ1) is 15.1. The Morgan fingerprint density at radius 1 is 1.05 bits per heavy atom. The van der Waals surface area contributed by atoms with Gasteiger partial charge < -0.3 is 14.2 Å². The SMILES string of the molecule is COCc1cccc(OCc2cc(C=O)ccc2OC)c1. The van der Waals surface area contributed by atoms with Crippen LogP contribution in [-0.4, -0.2) is 20.5 Å².